The van der Waals surface area contributed by atoms with Crippen LogP contribution >= 0.6 is 23.8 Å². The smallest absolute Gasteiger partial charge is 0.242 e. The van der Waals surface area contributed by atoms with Crippen LogP contribution < -0.4 is 5.32 Å². The second-order valence-electron chi connectivity index (χ2n) is 9.78. The Morgan fingerprint density at radius 1 is 1.06 bits per heavy atom. The maximum absolute atomic E-state index is 13.1. The topological polar surface area (TPSA) is 38.8 Å². The van der Waals surface area contributed by atoms with Crippen molar-refractivity contribution in [3.8, 4) is 0 Å². The van der Waals surface area contributed by atoms with E-state index in [1.165, 1.54) is 11.1 Å². The van der Waals surface area contributed by atoms with E-state index in [0.717, 1.165) is 24.5 Å². The number of nitrogens with zero attached hydrogens (tertiary/aromatic N) is 3. The molecule has 0 aliphatic carbocycles. The zero-order chi connectivity index (χ0) is 23.6. The summed E-state index contributed by atoms with van der Waals surface area (Å²) in [6, 6.07) is 19.0. The summed E-state index contributed by atoms with van der Waals surface area (Å²) >= 11 is 11.7. The highest BCUT2D eigenvalue weighted by Gasteiger charge is 2.35. The number of hydrogen-bond donors (Lipinski definition) is 1. The van der Waals surface area contributed by atoms with Gasteiger partial charge < -0.3 is 15.1 Å². The molecule has 0 unspecified atom stereocenters. The van der Waals surface area contributed by atoms with E-state index in [-0.39, 0.29) is 23.5 Å². The number of carbonyl (C=O) groups is 1. The van der Waals surface area contributed by atoms with Crippen LogP contribution in [0.25, 0.3) is 0 Å². The number of rotatable bonds is 5. The number of benzene rings is 2. The molecule has 1 N–H and O–H groups in total. The fourth-order valence-corrected chi connectivity index (χ4v) is 5.71. The van der Waals surface area contributed by atoms with E-state index in [0.29, 0.717) is 24.7 Å². The van der Waals surface area contributed by atoms with Gasteiger partial charge in [-0.05, 0) is 62.7 Å². The van der Waals surface area contributed by atoms with Crippen molar-refractivity contribution in [3.63, 3.8) is 0 Å². The molecule has 2 aromatic rings. The molecule has 176 valence electrons. The minimum atomic E-state index is -0.0320. The maximum atomic E-state index is 13.1. The normalized spacial score (nSPS) is 22.1. The summed E-state index contributed by atoms with van der Waals surface area (Å²) in [7, 11) is 0. The highest BCUT2D eigenvalue weighted by molar-refractivity contribution is 7.80. The number of hydrogen-bond acceptors (Lipinski definition) is 3. The summed E-state index contributed by atoms with van der Waals surface area (Å²) < 4.78 is 0. The zero-order valence-corrected chi connectivity index (χ0v) is 21.2. The van der Waals surface area contributed by atoms with Gasteiger partial charge in [0.1, 0.15) is 0 Å². The first-order valence-corrected chi connectivity index (χ1v) is 12.4. The van der Waals surface area contributed by atoms with E-state index in [1.807, 2.05) is 28.0 Å². The standard InChI is InChI=1S/C26H33ClN4OS/c1-19-17-26(2,3)28-25(33)31(19)18-23(32)29-13-15-30(16-14-29)24(20-7-5-4-6-8-20)21-9-11-22(27)12-10-21/h4-12,19,24H,13-18H2,1-3H3,(H,28,33)/t19-,24-/m1/s1. The molecule has 33 heavy (non-hydrogen) atoms. The Morgan fingerprint density at radius 3 is 2.27 bits per heavy atom. The molecule has 0 radical (unpaired) electrons. The SMILES string of the molecule is C[C@@H]1CC(C)(C)NC(=S)N1CC(=O)N1CCN([C@H](c2ccccc2)c2ccc(Cl)cc2)CC1. The quantitative estimate of drug-likeness (QED) is 0.640. The van der Waals surface area contributed by atoms with Crippen LogP contribution in [0.15, 0.2) is 54.6 Å². The predicted octanol–water partition coefficient (Wildman–Crippen LogP) is 4.32. The first kappa shape index (κ1) is 24.0. The third kappa shape index (κ3) is 5.68. The molecule has 2 aliphatic heterocycles. The fraction of sp³-hybridized carbons (Fsp3) is 0.462. The number of amides is 1. The Morgan fingerprint density at radius 2 is 1.67 bits per heavy atom. The number of piperazine rings is 1. The molecule has 2 fully saturated rings. The Labute approximate surface area is 207 Å². The summed E-state index contributed by atoms with van der Waals surface area (Å²) in [5, 5.41) is 4.79. The van der Waals surface area contributed by atoms with Crippen LogP contribution in [-0.4, -0.2) is 70.0 Å². The fourth-order valence-electron chi connectivity index (χ4n) is 5.06. The van der Waals surface area contributed by atoms with Crippen LogP contribution in [0.2, 0.25) is 5.02 Å². The van der Waals surface area contributed by atoms with E-state index >= 15 is 0 Å². The van der Waals surface area contributed by atoms with Crippen LogP contribution in [0.4, 0.5) is 0 Å². The van der Waals surface area contributed by atoms with Gasteiger partial charge in [0.05, 0.1) is 12.6 Å². The average Bonchev–Trinajstić information content (AvgIpc) is 2.78. The van der Waals surface area contributed by atoms with Gasteiger partial charge >= 0.3 is 0 Å². The molecular formula is C26H33ClN4OS. The lowest BCUT2D eigenvalue weighted by atomic mass is 9.93. The van der Waals surface area contributed by atoms with Gasteiger partial charge in [-0.15, -0.1) is 0 Å². The number of carbonyl (C=O) groups excluding carboxylic acids is 1. The Bertz CT molecular complexity index is 974. The van der Waals surface area contributed by atoms with Gasteiger partial charge in [0, 0.05) is 42.8 Å². The third-order valence-electron chi connectivity index (χ3n) is 6.68. The van der Waals surface area contributed by atoms with Crippen molar-refractivity contribution in [1.29, 1.82) is 0 Å². The zero-order valence-electron chi connectivity index (χ0n) is 19.6. The van der Waals surface area contributed by atoms with Crippen molar-refractivity contribution in [2.24, 2.45) is 0 Å². The summed E-state index contributed by atoms with van der Waals surface area (Å²) in [6.07, 6.45) is 0.952. The van der Waals surface area contributed by atoms with E-state index in [4.69, 9.17) is 23.8 Å². The second-order valence-corrected chi connectivity index (χ2v) is 10.6. The van der Waals surface area contributed by atoms with Crippen LogP contribution in [0.1, 0.15) is 44.4 Å². The Kier molecular flexibility index (Phi) is 7.27. The summed E-state index contributed by atoms with van der Waals surface area (Å²) in [5.74, 6) is 0.146. The van der Waals surface area contributed by atoms with Gasteiger partial charge in [0.25, 0.3) is 0 Å². The molecule has 0 aromatic heterocycles. The van der Waals surface area contributed by atoms with E-state index in [9.17, 15) is 4.79 Å². The molecule has 2 saturated heterocycles. The minimum Gasteiger partial charge on any atom is -0.358 e. The van der Waals surface area contributed by atoms with Gasteiger partial charge in [0.15, 0.2) is 5.11 Å². The van der Waals surface area contributed by atoms with E-state index in [2.05, 4.69) is 67.4 Å². The molecule has 0 spiro atoms. The Balaban J connectivity index is 1.42. The maximum Gasteiger partial charge on any atom is 0.242 e. The predicted molar refractivity (Wildman–Crippen MR) is 138 cm³/mol. The van der Waals surface area contributed by atoms with Crippen molar-refractivity contribution in [2.75, 3.05) is 32.7 Å². The van der Waals surface area contributed by atoms with E-state index in [1.54, 1.807) is 0 Å². The van der Waals surface area contributed by atoms with Gasteiger partial charge in [-0.2, -0.15) is 0 Å². The van der Waals surface area contributed by atoms with Crippen LogP contribution in [0.3, 0.4) is 0 Å². The molecule has 5 nitrogen and oxygen atoms in total. The molecular weight excluding hydrogens is 452 g/mol. The first-order valence-electron chi connectivity index (χ1n) is 11.6. The molecule has 0 saturated carbocycles. The number of nitrogens with one attached hydrogen (secondary N) is 1. The largest absolute Gasteiger partial charge is 0.358 e. The third-order valence-corrected chi connectivity index (χ3v) is 7.27. The lowest BCUT2D eigenvalue weighted by Crippen LogP contribution is -2.62. The highest BCUT2D eigenvalue weighted by atomic mass is 35.5. The molecule has 2 aliphatic rings. The lowest BCUT2D eigenvalue weighted by molar-refractivity contribution is -0.134. The van der Waals surface area contributed by atoms with Crippen LogP contribution in [-0.2, 0) is 4.79 Å². The summed E-state index contributed by atoms with van der Waals surface area (Å²) in [6.45, 7) is 9.85. The van der Waals surface area contributed by atoms with E-state index < -0.39 is 0 Å². The van der Waals surface area contributed by atoms with Gasteiger partial charge in [-0.1, -0.05) is 54.1 Å². The highest BCUT2D eigenvalue weighted by Crippen LogP contribution is 2.30. The van der Waals surface area contributed by atoms with Crippen molar-refractivity contribution < 1.29 is 4.79 Å². The van der Waals surface area contributed by atoms with Crippen molar-refractivity contribution in [1.82, 2.24) is 20.0 Å². The molecule has 0 bridgehead atoms. The van der Waals surface area contributed by atoms with Gasteiger partial charge in [0.2, 0.25) is 5.91 Å². The molecule has 2 atom stereocenters. The summed E-state index contributed by atoms with van der Waals surface area (Å²) in [5.41, 5.74) is 2.43. The summed E-state index contributed by atoms with van der Waals surface area (Å²) in [4.78, 5) is 19.6. The van der Waals surface area contributed by atoms with Crippen molar-refractivity contribution in [3.05, 3.63) is 70.7 Å². The monoisotopic (exact) mass is 484 g/mol. The molecule has 2 heterocycles. The van der Waals surface area contributed by atoms with Crippen molar-refractivity contribution >= 4 is 34.8 Å². The van der Waals surface area contributed by atoms with Gasteiger partial charge in [-0.25, -0.2) is 0 Å². The molecule has 4 rings (SSSR count). The Hall–Kier alpha value is -2.15. The van der Waals surface area contributed by atoms with Gasteiger partial charge in [-0.3, -0.25) is 9.69 Å². The lowest BCUT2D eigenvalue weighted by Gasteiger charge is -2.45. The number of thiocarbonyl (C=S) groups is 1. The van der Waals surface area contributed by atoms with Crippen LogP contribution in [0.5, 0.6) is 0 Å². The molecule has 7 heteroatoms. The molecule has 1 amide bonds. The first-order chi connectivity index (χ1) is 15.7. The minimum absolute atomic E-state index is 0.0320. The second kappa shape index (κ2) is 10.00. The van der Waals surface area contributed by atoms with Crippen LogP contribution in [0, 0.1) is 0 Å². The molecule has 2 aromatic carbocycles. The average molecular weight is 485 g/mol. The van der Waals surface area contributed by atoms with Crippen molar-refractivity contribution in [2.45, 2.75) is 44.8 Å². The number of halogens is 1.